The minimum atomic E-state index is 0.141. The topological polar surface area (TPSA) is 55.5 Å². The molecule has 1 aromatic rings. The monoisotopic (exact) mass is 177 g/mol. The molecule has 1 aromatic carbocycles. The average Bonchev–Trinajstić information content (AvgIpc) is 2.17. The van der Waals surface area contributed by atoms with Gasteiger partial charge in [-0.05, 0) is 18.2 Å². The molecule has 13 heavy (non-hydrogen) atoms. The number of nitrogens with two attached hydrogens (primary N) is 1. The molecule has 0 spiro atoms. The van der Waals surface area contributed by atoms with E-state index < -0.39 is 0 Å². The second kappa shape index (κ2) is 4.39. The zero-order chi connectivity index (χ0) is 9.68. The standard InChI is InChI=1S/C10H11NO2/c1-13-9-4-5-10(12)8(7-9)3-2-6-11/h4-5,7,12H,6,11H2,1H3. The van der Waals surface area contributed by atoms with E-state index in [0.29, 0.717) is 11.3 Å². The molecule has 3 nitrogen and oxygen atoms in total. The van der Waals surface area contributed by atoms with E-state index in [9.17, 15) is 5.11 Å². The second-order valence-electron chi connectivity index (χ2n) is 2.39. The Morgan fingerprint density at radius 2 is 2.31 bits per heavy atom. The first-order chi connectivity index (χ1) is 6.27. The molecule has 0 bridgehead atoms. The first-order valence-corrected chi connectivity index (χ1v) is 3.84. The van der Waals surface area contributed by atoms with Crippen molar-refractivity contribution >= 4 is 0 Å². The van der Waals surface area contributed by atoms with Crippen LogP contribution in [-0.4, -0.2) is 18.8 Å². The molecule has 1 rings (SSSR count). The number of hydrogen-bond donors (Lipinski definition) is 2. The van der Waals surface area contributed by atoms with E-state index in [4.69, 9.17) is 10.5 Å². The number of aromatic hydroxyl groups is 1. The van der Waals surface area contributed by atoms with Crippen LogP contribution in [0.5, 0.6) is 11.5 Å². The molecule has 3 N–H and O–H groups in total. The summed E-state index contributed by atoms with van der Waals surface area (Å²) in [6, 6.07) is 4.88. The molecule has 3 heteroatoms. The van der Waals surface area contributed by atoms with E-state index in [-0.39, 0.29) is 12.3 Å². The van der Waals surface area contributed by atoms with Crippen molar-refractivity contribution in [3.05, 3.63) is 23.8 Å². The highest BCUT2D eigenvalue weighted by Crippen LogP contribution is 2.21. The Morgan fingerprint density at radius 3 is 2.92 bits per heavy atom. The first-order valence-electron chi connectivity index (χ1n) is 3.84. The number of methoxy groups -OCH3 is 1. The summed E-state index contributed by atoms with van der Waals surface area (Å²) in [7, 11) is 1.56. The second-order valence-corrected chi connectivity index (χ2v) is 2.39. The van der Waals surface area contributed by atoms with E-state index in [1.807, 2.05) is 0 Å². The van der Waals surface area contributed by atoms with Crippen LogP contribution in [0.3, 0.4) is 0 Å². The Balaban J connectivity index is 3.04. The van der Waals surface area contributed by atoms with Gasteiger partial charge in [-0.1, -0.05) is 11.8 Å². The summed E-state index contributed by atoms with van der Waals surface area (Å²) in [6.07, 6.45) is 0. The van der Waals surface area contributed by atoms with Gasteiger partial charge in [0.1, 0.15) is 11.5 Å². The molecule has 0 saturated heterocycles. The normalized spacial score (nSPS) is 8.77. The maximum absolute atomic E-state index is 9.36. The van der Waals surface area contributed by atoms with Crippen LogP contribution < -0.4 is 10.5 Å². The predicted octanol–water partition coefficient (Wildman–Crippen LogP) is 0.711. The number of phenolic OH excluding ortho intramolecular Hbond substituents is 1. The fraction of sp³-hybridized carbons (Fsp3) is 0.200. The highest BCUT2D eigenvalue weighted by molar-refractivity contribution is 5.49. The van der Waals surface area contributed by atoms with Crippen LogP contribution in [0.15, 0.2) is 18.2 Å². The maximum atomic E-state index is 9.36. The lowest BCUT2D eigenvalue weighted by atomic mass is 10.2. The molecule has 0 unspecified atom stereocenters. The third-order valence-corrected chi connectivity index (χ3v) is 1.53. The van der Waals surface area contributed by atoms with E-state index in [1.165, 1.54) is 0 Å². The Kier molecular flexibility index (Phi) is 3.18. The van der Waals surface area contributed by atoms with E-state index in [2.05, 4.69) is 11.8 Å². The molecule has 0 amide bonds. The van der Waals surface area contributed by atoms with Gasteiger partial charge in [-0.2, -0.15) is 0 Å². The molecule has 0 aromatic heterocycles. The highest BCUT2D eigenvalue weighted by Gasteiger charge is 1.98. The van der Waals surface area contributed by atoms with Gasteiger partial charge in [0.05, 0.1) is 19.2 Å². The van der Waals surface area contributed by atoms with Crippen molar-refractivity contribution in [3.63, 3.8) is 0 Å². The molecule has 0 radical (unpaired) electrons. The lowest BCUT2D eigenvalue weighted by Gasteiger charge is -2.01. The minimum Gasteiger partial charge on any atom is -0.507 e. The van der Waals surface area contributed by atoms with Crippen LogP contribution in [0.1, 0.15) is 5.56 Å². The average molecular weight is 177 g/mol. The zero-order valence-electron chi connectivity index (χ0n) is 7.37. The summed E-state index contributed by atoms with van der Waals surface area (Å²) in [5.74, 6) is 6.21. The van der Waals surface area contributed by atoms with Crippen molar-refractivity contribution < 1.29 is 9.84 Å². The molecule has 68 valence electrons. The smallest absolute Gasteiger partial charge is 0.131 e. The van der Waals surface area contributed by atoms with E-state index in [0.717, 1.165) is 0 Å². The lowest BCUT2D eigenvalue weighted by molar-refractivity contribution is 0.412. The van der Waals surface area contributed by atoms with Crippen molar-refractivity contribution in [2.45, 2.75) is 0 Å². The molecule has 0 saturated carbocycles. The van der Waals surface area contributed by atoms with Gasteiger partial charge in [-0.15, -0.1) is 0 Å². The Morgan fingerprint density at radius 1 is 1.54 bits per heavy atom. The Labute approximate surface area is 77.1 Å². The van der Waals surface area contributed by atoms with Crippen LogP contribution in [0.4, 0.5) is 0 Å². The molecule has 0 aliphatic rings. The summed E-state index contributed by atoms with van der Waals surface area (Å²) in [6.45, 7) is 0.274. The molecular formula is C10H11NO2. The molecule has 0 aliphatic heterocycles. The van der Waals surface area contributed by atoms with E-state index >= 15 is 0 Å². The van der Waals surface area contributed by atoms with Gasteiger partial charge in [0.15, 0.2) is 0 Å². The maximum Gasteiger partial charge on any atom is 0.131 e. The molecule has 0 aliphatic carbocycles. The summed E-state index contributed by atoms with van der Waals surface area (Å²) >= 11 is 0. The fourth-order valence-electron chi connectivity index (χ4n) is 0.889. The summed E-state index contributed by atoms with van der Waals surface area (Å²) in [4.78, 5) is 0. The van der Waals surface area contributed by atoms with Gasteiger partial charge < -0.3 is 15.6 Å². The van der Waals surface area contributed by atoms with Crippen molar-refractivity contribution in [3.8, 4) is 23.3 Å². The van der Waals surface area contributed by atoms with Crippen LogP contribution >= 0.6 is 0 Å². The fourth-order valence-corrected chi connectivity index (χ4v) is 0.889. The van der Waals surface area contributed by atoms with Crippen LogP contribution in [-0.2, 0) is 0 Å². The number of rotatable bonds is 1. The minimum absolute atomic E-state index is 0.141. The molecular weight excluding hydrogens is 166 g/mol. The van der Waals surface area contributed by atoms with E-state index in [1.54, 1.807) is 25.3 Å². The summed E-state index contributed by atoms with van der Waals surface area (Å²) < 4.78 is 4.98. The summed E-state index contributed by atoms with van der Waals surface area (Å²) in [5, 5.41) is 9.36. The lowest BCUT2D eigenvalue weighted by Crippen LogP contribution is -1.93. The van der Waals surface area contributed by atoms with Crippen molar-refractivity contribution in [1.29, 1.82) is 0 Å². The van der Waals surface area contributed by atoms with Gasteiger partial charge in [0, 0.05) is 0 Å². The molecule has 0 heterocycles. The molecule has 0 fully saturated rings. The van der Waals surface area contributed by atoms with Crippen molar-refractivity contribution in [2.24, 2.45) is 5.73 Å². The number of ether oxygens (including phenoxy) is 1. The zero-order valence-corrected chi connectivity index (χ0v) is 7.37. The van der Waals surface area contributed by atoms with Gasteiger partial charge in [-0.3, -0.25) is 0 Å². The number of benzene rings is 1. The van der Waals surface area contributed by atoms with Crippen LogP contribution in [0.2, 0.25) is 0 Å². The van der Waals surface area contributed by atoms with Gasteiger partial charge >= 0.3 is 0 Å². The third kappa shape index (κ3) is 2.39. The van der Waals surface area contributed by atoms with Gasteiger partial charge in [0.2, 0.25) is 0 Å². The predicted molar refractivity (Wildman–Crippen MR) is 50.6 cm³/mol. The Hall–Kier alpha value is -1.66. The first kappa shape index (κ1) is 9.43. The quantitative estimate of drug-likeness (QED) is 0.621. The van der Waals surface area contributed by atoms with Crippen LogP contribution in [0.25, 0.3) is 0 Å². The summed E-state index contributed by atoms with van der Waals surface area (Å²) in [5.41, 5.74) is 5.74. The van der Waals surface area contributed by atoms with Gasteiger partial charge in [0.25, 0.3) is 0 Å². The highest BCUT2D eigenvalue weighted by atomic mass is 16.5. The number of hydrogen-bond acceptors (Lipinski definition) is 3. The van der Waals surface area contributed by atoms with Gasteiger partial charge in [-0.25, -0.2) is 0 Å². The SMILES string of the molecule is COc1ccc(O)c(C#CCN)c1. The third-order valence-electron chi connectivity index (χ3n) is 1.53. The molecule has 0 atom stereocenters. The largest absolute Gasteiger partial charge is 0.507 e. The van der Waals surface area contributed by atoms with Crippen molar-refractivity contribution in [2.75, 3.05) is 13.7 Å². The number of phenols is 1. The van der Waals surface area contributed by atoms with Crippen molar-refractivity contribution in [1.82, 2.24) is 0 Å². The Bertz CT molecular complexity index is 350. The van der Waals surface area contributed by atoms with Crippen LogP contribution in [0, 0.1) is 11.8 Å².